The standard InChI is InChI=1S/C11H15FN2O2/c12-9-2-1-3-10(13-9)14-6-4-11(16,8-15)5-7-14/h1-3,15-16H,4-8H2. The van der Waals surface area contributed by atoms with Gasteiger partial charge in [0.2, 0.25) is 5.95 Å². The molecule has 0 saturated carbocycles. The Balaban J connectivity index is 2.04. The lowest BCUT2D eigenvalue weighted by Gasteiger charge is -2.37. The van der Waals surface area contributed by atoms with Gasteiger partial charge >= 0.3 is 0 Å². The molecule has 2 heterocycles. The highest BCUT2D eigenvalue weighted by Gasteiger charge is 2.31. The van der Waals surface area contributed by atoms with E-state index in [1.165, 1.54) is 6.07 Å². The predicted molar refractivity (Wildman–Crippen MR) is 57.7 cm³/mol. The van der Waals surface area contributed by atoms with Crippen molar-refractivity contribution < 1.29 is 14.6 Å². The van der Waals surface area contributed by atoms with Gasteiger partial charge < -0.3 is 15.1 Å². The average Bonchev–Trinajstić information content (AvgIpc) is 2.30. The summed E-state index contributed by atoms with van der Waals surface area (Å²) in [4.78, 5) is 5.70. The smallest absolute Gasteiger partial charge is 0.214 e. The highest BCUT2D eigenvalue weighted by Crippen LogP contribution is 2.24. The third kappa shape index (κ3) is 2.31. The van der Waals surface area contributed by atoms with Gasteiger partial charge in [-0.1, -0.05) is 6.07 Å². The Morgan fingerprint density at radius 1 is 1.38 bits per heavy atom. The van der Waals surface area contributed by atoms with Crippen molar-refractivity contribution in [1.82, 2.24) is 4.98 Å². The molecular formula is C11H15FN2O2. The van der Waals surface area contributed by atoms with Crippen molar-refractivity contribution in [2.75, 3.05) is 24.6 Å². The fraction of sp³-hybridized carbons (Fsp3) is 0.545. The van der Waals surface area contributed by atoms with E-state index in [1.54, 1.807) is 12.1 Å². The largest absolute Gasteiger partial charge is 0.393 e. The van der Waals surface area contributed by atoms with Crippen molar-refractivity contribution in [1.29, 1.82) is 0 Å². The van der Waals surface area contributed by atoms with Gasteiger partial charge in [0, 0.05) is 13.1 Å². The van der Waals surface area contributed by atoms with Gasteiger partial charge in [0.1, 0.15) is 5.82 Å². The van der Waals surface area contributed by atoms with Crippen molar-refractivity contribution in [3.05, 3.63) is 24.1 Å². The summed E-state index contributed by atoms with van der Waals surface area (Å²) in [5, 5.41) is 18.8. The van der Waals surface area contributed by atoms with Gasteiger partial charge in [-0.25, -0.2) is 4.98 Å². The molecule has 0 aliphatic carbocycles. The van der Waals surface area contributed by atoms with Crippen LogP contribution in [-0.2, 0) is 0 Å². The molecule has 0 atom stereocenters. The maximum absolute atomic E-state index is 12.9. The second-order valence-corrected chi connectivity index (χ2v) is 4.19. The Morgan fingerprint density at radius 2 is 2.06 bits per heavy atom. The third-order valence-electron chi connectivity index (χ3n) is 3.01. The summed E-state index contributed by atoms with van der Waals surface area (Å²) < 4.78 is 12.9. The van der Waals surface area contributed by atoms with Crippen LogP contribution in [0.4, 0.5) is 10.2 Å². The lowest BCUT2D eigenvalue weighted by atomic mass is 9.92. The van der Waals surface area contributed by atoms with Crippen molar-refractivity contribution in [2.24, 2.45) is 0 Å². The molecule has 1 aromatic heterocycles. The van der Waals surface area contributed by atoms with Gasteiger partial charge in [-0.15, -0.1) is 0 Å². The molecule has 0 amide bonds. The summed E-state index contributed by atoms with van der Waals surface area (Å²) in [6, 6.07) is 4.66. The van der Waals surface area contributed by atoms with Crippen LogP contribution in [0.1, 0.15) is 12.8 Å². The molecule has 1 fully saturated rings. The minimum atomic E-state index is -0.982. The first-order valence-corrected chi connectivity index (χ1v) is 5.34. The lowest BCUT2D eigenvalue weighted by molar-refractivity contribution is -0.0326. The number of rotatable bonds is 2. The number of aliphatic hydroxyl groups is 2. The summed E-state index contributed by atoms with van der Waals surface area (Å²) >= 11 is 0. The lowest BCUT2D eigenvalue weighted by Crippen LogP contribution is -2.46. The van der Waals surface area contributed by atoms with Gasteiger partial charge in [-0.05, 0) is 25.0 Å². The molecule has 1 saturated heterocycles. The second kappa shape index (κ2) is 4.35. The van der Waals surface area contributed by atoms with Gasteiger partial charge in [0.15, 0.2) is 0 Å². The zero-order valence-electron chi connectivity index (χ0n) is 8.93. The molecule has 2 N–H and O–H groups in total. The molecule has 0 unspecified atom stereocenters. The van der Waals surface area contributed by atoms with Crippen molar-refractivity contribution in [2.45, 2.75) is 18.4 Å². The number of aliphatic hydroxyl groups excluding tert-OH is 1. The zero-order chi connectivity index (χ0) is 11.6. The van der Waals surface area contributed by atoms with Crippen LogP contribution in [0, 0.1) is 5.95 Å². The number of pyridine rings is 1. The normalized spacial score (nSPS) is 19.8. The van der Waals surface area contributed by atoms with E-state index in [0.29, 0.717) is 31.7 Å². The van der Waals surface area contributed by atoms with E-state index in [2.05, 4.69) is 4.98 Å². The molecule has 1 aliphatic rings. The monoisotopic (exact) mass is 226 g/mol. The second-order valence-electron chi connectivity index (χ2n) is 4.19. The minimum Gasteiger partial charge on any atom is -0.393 e. The molecule has 88 valence electrons. The molecule has 4 nitrogen and oxygen atoms in total. The fourth-order valence-corrected chi connectivity index (χ4v) is 1.88. The average molecular weight is 226 g/mol. The summed E-state index contributed by atoms with van der Waals surface area (Å²) in [5.41, 5.74) is -0.982. The molecule has 0 radical (unpaired) electrons. The van der Waals surface area contributed by atoms with Crippen LogP contribution in [0.25, 0.3) is 0 Å². The Kier molecular flexibility index (Phi) is 3.07. The first-order chi connectivity index (χ1) is 7.63. The molecule has 0 spiro atoms. The van der Waals surface area contributed by atoms with Crippen LogP contribution in [0.3, 0.4) is 0 Å². The predicted octanol–water partition coefficient (Wildman–Crippen LogP) is 0.544. The molecule has 16 heavy (non-hydrogen) atoms. The van der Waals surface area contributed by atoms with Crippen LogP contribution in [0.5, 0.6) is 0 Å². The van der Waals surface area contributed by atoms with E-state index >= 15 is 0 Å². The minimum absolute atomic E-state index is 0.225. The maximum atomic E-state index is 12.9. The Hall–Kier alpha value is -1.20. The molecule has 5 heteroatoms. The van der Waals surface area contributed by atoms with Gasteiger partial charge in [0.25, 0.3) is 0 Å². The quantitative estimate of drug-likeness (QED) is 0.723. The zero-order valence-corrected chi connectivity index (χ0v) is 8.93. The van der Waals surface area contributed by atoms with Crippen molar-refractivity contribution >= 4 is 5.82 Å². The van der Waals surface area contributed by atoms with Crippen LogP contribution in [0.2, 0.25) is 0 Å². The number of anilines is 1. The number of piperidine rings is 1. The SMILES string of the molecule is OCC1(O)CCN(c2cccc(F)n2)CC1. The molecule has 2 rings (SSSR count). The summed E-state index contributed by atoms with van der Waals surface area (Å²) in [6.07, 6.45) is 0.948. The summed E-state index contributed by atoms with van der Waals surface area (Å²) in [7, 11) is 0. The molecular weight excluding hydrogens is 211 g/mol. The van der Waals surface area contributed by atoms with E-state index in [1.807, 2.05) is 4.90 Å². The molecule has 0 bridgehead atoms. The number of hydrogen-bond acceptors (Lipinski definition) is 4. The molecule has 1 aliphatic heterocycles. The van der Waals surface area contributed by atoms with E-state index in [-0.39, 0.29) is 6.61 Å². The number of hydrogen-bond donors (Lipinski definition) is 2. The summed E-state index contributed by atoms with van der Waals surface area (Å²) in [6.45, 7) is 0.929. The number of aromatic nitrogens is 1. The Morgan fingerprint density at radius 3 is 2.62 bits per heavy atom. The van der Waals surface area contributed by atoms with Crippen LogP contribution >= 0.6 is 0 Å². The maximum Gasteiger partial charge on any atom is 0.214 e. The topological polar surface area (TPSA) is 56.6 Å². The van der Waals surface area contributed by atoms with E-state index in [9.17, 15) is 9.50 Å². The van der Waals surface area contributed by atoms with E-state index in [4.69, 9.17) is 5.11 Å². The van der Waals surface area contributed by atoms with Gasteiger partial charge in [0.05, 0.1) is 12.2 Å². The number of nitrogens with zero attached hydrogens (tertiary/aromatic N) is 2. The molecule has 1 aromatic rings. The third-order valence-corrected chi connectivity index (χ3v) is 3.01. The highest BCUT2D eigenvalue weighted by molar-refractivity contribution is 5.38. The van der Waals surface area contributed by atoms with E-state index < -0.39 is 11.5 Å². The van der Waals surface area contributed by atoms with E-state index in [0.717, 1.165) is 0 Å². The Labute approximate surface area is 93.3 Å². The van der Waals surface area contributed by atoms with Gasteiger partial charge in [-0.2, -0.15) is 4.39 Å². The van der Waals surface area contributed by atoms with Crippen molar-refractivity contribution in [3.8, 4) is 0 Å². The first kappa shape index (κ1) is 11.3. The number of halogens is 1. The van der Waals surface area contributed by atoms with Crippen LogP contribution in [-0.4, -0.2) is 40.5 Å². The van der Waals surface area contributed by atoms with Crippen LogP contribution < -0.4 is 4.90 Å². The fourth-order valence-electron chi connectivity index (χ4n) is 1.88. The Bertz CT molecular complexity index is 365. The van der Waals surface area contributed by atoms with Crippen LogP contribution in [0.15, 0.2) is 18.2 Å². The first-order valence-electron chi connectivity index (χ1n) is 5.34. The van der Waals surface area contributed by atoms with Crippen molar-refractivity contribution in [3.63, 3.8) is 0 Å². The molecule has 0 aromatic carbocycles. The highest BCUT2D eigenvalue weighted by atomic mass is 19.1. The summed E-state index contributed by atoms with van der Waals surface area (Å²) in [5.74, 6) is 0.0838. The van der Waals surface area contributed by atoms with Gasteiger partial charge in [-0.3, -0.25) is 0 Å².